The zero-order valence-electron chi connectivity index (χ0n) is 8.80. The van der Waals surface area contributed by atoms with Crippen LogP contribution in [0.4, 0.5) is 0 Å². The smallest absolute Gasteiger partial charge is 0.133 e. The van der Waals surface area contributed by atoms with Gasteiger partial charge in [0.25, 0.3) is 0 Å². The largest absolute Gasteiger partial charge is 0.695 e. The Bertz CT molecular complexity index is 300. The highest BCUT2D eigenvalue weighted by molar-refractivity contribution is 7.32. The van der Waals surface area contributed by atoms with Gasteiger partial charge in [-0.2, -0.15) is 0 Å². The summed E-state index contributed by atoms with van der Waals surface area (Å²) in [5, 5.41) is 0. The normalized spacial score (nSPS) is 13.6. The molecule has 2 unspecified atom stereocenters. The van der Waals surface area contributed by atoms with Crippen LogP contribution in [0.5, 0.6) is 0 Å². The lowest BCUT2D eigenvalue weighted by Gasteiger charge is -2.09. The van der Waals surface area contributed by atoms with Gasteiger partial charge < -0.3 is 0 Å². The van der Waals surface area contributed by atoms with Crippen LogP contribution in [-0.4, -0.2) is 4.89 Å². The predicted molar refractivity (Wildman–Crippen MR) is 59.6 cm³/mol. The van der Waals surface area contributed by atoms with E-state index in [9.17, 15) is 4.57 Å². The van der Waals surface area contributed by atoms with Crippen molar-refractivity contribution in [2.75, 3.05) is 0 Å². The van der Waals surface area contributed by atoms with E-state index in [4.69, 9.17) is 9.42 Å². The lowest BCUT2D eigenvalue weighted by atomic mass is 10.0. The molecular formula is C11H16O3P+. The van der Waals surface area contributed by atoms with E-state index in [0.29, 0.717) is 0 Å². The van der Waals surface area contributed by atoms with Gasteiger partial charge in [-0.1, -0.05) is 50.1 Å². The molecule has 1 N–H and O–H groups in total. The molecule has 0 aromatic heterocycles. The second-order valence-electron chi connectivity index (χ2n) is 3.38. The summed E-state index contributed by atoms with van der Waals surface area (Å²) in [5.41, 5.74) is 0.961. The van der Waals surface area contributed by atoms with Crippen molar-refractivity contribution in [2.24, 2.45) is 0 Å². The standard InChI is InChI=1S/C11H15O3P/c1-2-3-9-11(14-15(12)13)10-7-5-4-6-8-10/h4-8,11H,2-3,9H2,1H3/p+1. The number of unbranched alkanes of at least 4 members (excludes halogenated alkanes) is 1. The van der Waals surface area contributed by atoms with Gasteiger partial charge in [0.2, 0.25) is 0 Å². The van der Waals surface area contributed by atoms with Crippen molar-refractivity contribution >= 4 is 8.25 Å². The van der Waals surface area contributed by atoms with Gasteiger partial charge in [-0.05, 0) is 12.0 Å². The van der Waals surface area contributed by atoms with E-state index in [0.717, 1.165) is 24.8 Å². The Hall–Kier alpha value is -0.760. The van der Waals surface area contributed by atoms with Gasteiger partial charge in [-0.3, -0.25) is 0 Å². The van der Waals surface area contributed by atoms with Crippen molar-refractivity contribution in [3.8, 4) is 0 Å². The SMILES string of the molecule is CCCCC(O[P+](=O)O)c1ccccc1. The summed E-state index contributed by atoms with van der Waals surface area (Å²) in [6.45, 7) is 2.08. The van der Waals surface area contributed by atoms with Gasteiger partial charge in [0.1, 0.15) is 6.10 Å². The summed E-state index contributed by atoms with van der Waals surface area (Å²) in [6.07, 6.45) is 2.56. The van der Waals surface area contributed by atoms with Gasteiger partial charge in [0.15, 0.2) is 0 Å². The number of benzene rings is 1. The zero-order valence-corrected chi connectivity index (χ0v) is 9.69. The Balaban J connectivity index is 2.67. The summed E-state index contributed by atoms with van der Waals surface area (Å²) in [5.74, 6) is 0. The minimum absolute atomic E-state index is 0.264. The third kappa shape index (κ3) is 4.52. The van der Waals surface area contributed by atoms with Crippen molar-refractivity contribution in [1.82, 2.24) is 0 Å². The highest BCUT2D eigenvalue weighted by Crippen LogP contribution is 2.32. The fourth-order valence-electron chi connectivity index (χ4n) is 1.45. The second-order valence-corrected chi connectivity index (χ2v) is 4.07. The lowest BCUT2D eigenvalue weighted by Crippen LogP contribution is -1.99. The summed E-state index contributed by atoms with van der Waals surface area (Å²) in [7, 11) is -2.53. The molecule has 0 heterocycles. The second kappa shape index (κ2) is 6.67. The molecule has 0 saturated heterocycles. The topological polar surface area (TPSA) is 46.5 Å². The molecule has 0 aliphatic carbocycles. The van der Waals surface area contributed by atoms with Crippen LogP contribution in [0.2, 0.25) is 0 Å². The molecule has 1 rings (SSSR count). The van der Waals surface area contributed by atoms with E-state index in [1.165, 1.54) is 0 Å². The summed E-state index contributed by atoms with van der Waals surface area (Å²) < 4.78 is 15.7. The minimum atomic E-state index is -2.53. The first kappa shape index (κ1) is 12.3. The van der Waals surface area contributed by atoms with Crippen LogP contribution in [0.1, 0.15) is 37.9 Å². The molecule has 4 heteroatoms. The molecular weight excluding hydrogens is 211 g/mol. The van der Waals surface area contributed by atoms with Gasteiger partial charge in [0, 0.05) is 4.57 Å². The van der Waals surface area contributed by atoms with Crippen molar-refractivity contribution in [3.05, 3.63) is 35.9 Å². The minimum Gasteiger partial charge on any atom is -0.133 e. The Morgan fingerprint density at radius 2 is 2.07 bits per heavy atom. The van der Waals surface area contributed by atoms with E-state index in [1.54, 1.807) is 0 Å². The molecule has 1 aromatic carbocycles. The van der Waals surface area contributed by atoms with Crippen molar-refractivity contribution < 1.29 is 14.0 Å². The Morgan fingerprint density at radius 1 is 1.40 bits per heavy atom. The maximum Gasteiger partial charge on any atom is 0.695 e. The summed E-state index contributed by atoms with van der Waals surface area (Å²) >= 11 is 0. The van der Waals surface area contributed by atoms with Crippen molar-refractivity contribution in [1.29, 1.82) is 0 Å². The molecule has 0 aliphatic heterocycles. The van der Waals surface area contributed by atoms with Crippen LogP contribution in [0.3, 0.4) is 0 Å². The predicted octanol–water partition coefficient (Wildman–Crippen LogP) is 3.58. The molecule has 15 heavy (non-hydrogen) atoms. The third-order valence-corrected chi connectivity index (χ3v) is 2.64. The highest BCUT2D eigenvalue weighted by atomic mass is 31.1. The first-order chi connectivity index (χ1) is 7.24. The molecule has 82 valence electrons. The van der Waals surface area contributed by atoms with Crippen LogP contribution in [0, 0.1) is 0 Å². The quantitative estimate of drug-likeness (QED) is 0.755. The molecule has 3 nitrogen and oxygen atoms in total. The van der Waals surface area contributed by atoms with Gasteiger partial charge >= 0.3 is 8.25 Å². The Kier molecular flexibility index (Phi) is 5.48. The maximum atomic E-state index is 10.7. The summed E-state index contributed by atoms with van der Waals surface area (Å²) in [6, 6.07) is 9.56. The molecule has 0 amide bonds. The fraction of sp³-hybridized carbons (Fsp3) is 0.455. The molecule has 0 bridgehead atoms. The fourth-order valence-corrected chi connectivity index (χ4v) is 1.89. The first-order valence-corrected chi connectivity index (χ1v) is 6.25. The van der Waals surface area contributed by atoms with Crippen LogP contribution in [0.15, 0.2) is 30.3 Å². The Morgan fingerprint density at radius 3 is 2.60 bits per heavy atom. The molecule has 1 aromatic rings. The van der Waals surface area contributed by atoms with Crippen LogP contribution in [-0.2, 0) is 9.09 Å². The lowest BCUT2D eigenvalue weighted by molar-refractivity contribution is 0.179. The summed E-state index contributed by atoms with van der Waals surface area (Å²) in [4.78, 5) is 8.77. The number of hydrogen-bond acceptors (Lipinski definition) is 2. The van der Waals surface area contributed by atoms with E-state index in [-0.39, 0.29) is 6.10 Å². The molecule has 0 fully saturated rings. The van der Waals surface area contributed by atoms with E-state index in [2.05, 4.69) is 6.92 Å². The van der Waals surface area contributed by atoms with Crippen LogP contribution < -0.4 is 0 Å². The monoisotopic (exact) mass is 227 g/mol. The van der Waals surface area contributed by atoms with Gasteiger partial charge in [-0.15, -0.1) is 9.42 Å². The number of rotatable bonds is 6. The first-order valence-electron chi connectivity index (χ1n) is 5.12. The molecule has 0 aliphatic rings. The number of hydrogen-bond donors (Lipinski definition) is 1. The molecule has 2 atom stereocenters. The van der Waals surface area contributed by atoms with Gasteiger partial charge in [0.05, 0.1) is 0 Å². The maximum absolute atomic E-state index is 10.7. The molecule has 0 radical (unpaired) electrons. The van der Waals surface area contributed by atoms with Crippen LogP contribution in [0.25, 0.3) is 0 Å². The molecule has 0 saturated carbocycles. The Labute approximate surface area is 91.0 Å². The van der Waals surface area contributed by atoms with Crippen LogP contribution >= 0.6 is 8.25 Å². The third-order valence-electron chi connectivity index (χ3n) is 2.21. The average Bonchev–Trinajstić information content (AvgIpc) is 2.25. The molecule has 0 spiro atoms. The average molecular weight is 227 g/mol. The van der Waals surface area contributed by atoms with E-state index < -0.39 is 8.25 Å². The van der Waals surface area contributed by atoms with Gasteiger partial charge in [-0.25, -0.2) is 0 Å². The van der Waals surface area contributed by atoms with E-state index >= 15 is 0 Å². The highest BCUT2D eigenvalue weighted by Gasteiger charge is 2.23. The zero-order chi connectivity index (χ0) is 11.1. The van der Waals surface area contributed by atoms with Crippen molar-refractivity contribution in [2.45, 2.75) is 32.3 Å². The van der Waals surface area contributed by atoms with E-state index in [1.807, 2.05) is 30.3 Å². The van der Waals surface area contributed by atoms with Crippen molar-refractivity contribution in [3.63, 3.8) is 0 Å².